The van der Waals surface area contributed by atoms with Gasteiger partial charge in [0.15, 0.2) is 0 Å². The first-order valence-corrected chi connectivity index (χ1v) is 9.69. The Morgan fingerprint density at radius 3 is 2.00 bits per heavy atom. The molecule has 1 saturated heterocycles. The van der Waals surface area contributed by atoms with Gasteiger partial charge in [-0.05, 0) is 25.7 Å². The number of epoxide rings is 1. The van der Waals surface area contributed by atoms with Crippen LogP contribution in [0.5, 0.6) is 0 Å². The van der Waals surface area contributed by atoms with E-state index < -0.39 is 0 Å². The highest BCUT2D eigenvalue weighted by atomic mass is 16.6. The average Bonchev–Trinajstić information content (AvgIpc) is 3.24. The minimum absolute atomic E-state index is 0.553. The Hall–Kier alpha value is -0.300. The molecule has 0 aromatic rings. The van der Waals surface area contributed by atoms with Crippen LogP contribution in [0.2, 0.25) is 0 Å². The summed E-state index contributed by atoms with van der Waals surface area (Å²) in [6.45, 7) is 4.55. The highest BCUT2D eigenvalue weighted by Gasteiger charge is 2.36. The fourth-order valence-corrected chi connectivity index (χ4v) is 2.98. The van der Waals surface area contributed by atoms with Gasteiger partial charge in [0.05, 0.1) is 12.2 Å². The molecule has 1 aliphatic rings. The first-order chi connectivity index (χ1) is 10.4. The van der Waals surface area contributed by atoms with E-state index in [0.717, 1.165) is 6.42 Å². The van der Waals surface area contributed by atoms with Gasteiger partial charge in [-0.3, -0.25) is 0 Å². The molecule has 0 aromatic heterocycles. The van der Waals surface area contributed by atoms with E-state index in [-0.39, 0.29) is 0 Å². The highest BCUT2D eigenvalue weighted by molar-refractivity contribution is 4.93. The van der Waals surface area contributed by atoms with Crippen molar-refractivity contribution in [3.63, 3.8) is 0 Å². The maximum Gasteiger partial charge on any atom is 0.0876 e. The molecule has 0 radical (unpaired) electrons. The van der Waals surface area contributed by atoms with Crippen molar-refractivity contribution in [3.8, 4) is 0 Å². The van der Waals surface area contributed by atoms with Crippen molar-refractivity contribution in [2.45, 2.75) is 116 Å². The second kappa shape index (κ2) is 13.4. The summed E-state index contributed by atoms with van der Waals surface area (Å²) in [5.74, 6) is 0. The van der Waals surface area contributed by atoms with Crippen molar-refractivity contribution in [2.75, 3.05) is 0 Å². The maximum atomic E-state index is 5.75. The quantitative estimate of drug-likeness (QED) is 0.183. The maximum absolute atomic E-state index is 5.75. The first kappa shape index (κ1) is 18.7. The molecule has 21 heavy (non-hydrogen) atoms. The Labute approximate surface area is 133 Å². The topological polar surface area (TPSA) is 12.5 Å². The smallest absolute Gasteiger partial charge is 0.0876 e. The van der Waals surface area contributed by atoms with Crippen molar-refractivity contribution in [3.05, 3.63) is 12.2 Å². The van der Waals surface area contributed by atoms with Crippen LogP contribution in [0.3, 0.4) is 0 Å². The molecule has 1 heteroatoms. The molecule has 1 aliphatic heterocycles. The molecule has 0 saturated carbocycles. The van der Waals surface area contributed by atoms with Gasteiger partial charge in [0.2, 0.25) is 0 Å². The van der Waals surface area contributed by atoms with E-state index in [2.05, 4.69) is 26.0 Å². The summed E-state index contributed by atoms with van der Waals surface area (Å²) >= 11 is 0. The minimum atomic E-state index is 0.553. The minimum Gasteiger partial charge on any atom is -0.369 e. The molecule has 1 fully saturated rings. The lowest BCUT2D eigenvalue weighted by atomic mass is 10.1. The molecule has 2 atom stereocenters. The van der Waals surface area contributed by atoms with Crippen LogP contribution in [0.4, 0.5) is 0 Å². The number of allylic oxidation sites excluding steroid dienone is 1. The van der Waals surface area contributed by atoms with Gasteiger partial charge in [-0.15, -0.1) is 0 Å². The molecular weight excluding hydrogens is 256 g/mol. The number of unbranched alkanes of at least 4 members (excludes halogenated alkanes) is 10. The van der Waals surface area contributed by atoms with E-state index in [0.29, 0.717) is 12.2 Å². The molecule has 1 nitrogen and oxygen atoms in total. The van der Waals surface area contributed by atoms with Crippen LogP contribution in [0, 0.1) is 0 Å². The van der Waals surface area contributed by atoms with Crippen LogP contribution in [-0.4, -0.2) is 12.2 Å². The van der Waals surface area contributed by atoms with Gasteiger partial charge in [0, 0.05) is 0 Å². The Bertz CT molecular complexity index is 246. The van der Waals surface area contributed by atoms with Crippen molar-refractivity contribution in [1.29, 1.82) is 0 Å². The fraction of sp³-hybridized carbons (Fsp3) is 0.900. The third kappa shape index (κ3) is 11.0. The fourth-order valence-electron chi connectivity index (χ4n) is 2.98. The Morgan fingerprint density at radius 2 is 1.29 bits per heavy atom. The lowest BCUT2D eigenvalue weighted by Crippen LogP contribution is -1.93. The van der Waals surface area contributed by atoms with Crippen LogP contribution in [-0.2, 0) is 4.74 Å². The van der Waals surface area contributed by atoms with Crippen molar-refractivity contribution < 1.29 is 4.74 Å². The standard InChI is InChI=1S/C20H38O/c1-3-5-7-9-11-12-14-16-18-20-19(21-20)17-15-13-10-8-6-4-2/h13,15,19-20H,3-12,14,16-18H2,1-2H3/b15-13-. The van der Waals surface area contributed by atoms with Gasteiger partial charge in [0.1, 0.15) is 0 Å². The normalized spacial score (nSPS) is 21.2. The molecule has 0 spiro atoms. The largest absolute Gasteiger partial charge is 0.369 e. The van der Waals surface area contributed by atoms with Gasteiger partial charge in [-0.2, -0.15) is 0 Å². The van der Waals surface area contributed by atoms with Gasteiger partial charge in [-0.1, -0.05) is 90.2 Å². The second-order valence-corrected chi connectivity index (χ2v) is 6.68. The molecule has 0 N–H and O–H groups in total. The summed E-state index contributed by atoms with van der Waals surface area (Å²) in [7, 11) is 0. The number of hydrogen-bond donors (Lipinski definition) is 0. The van der Waals surface area contributed by atoms with E-state index in [1.54, 1.807) is 0 Å². The summed E-state index contributed by atoms with van der Waals surface area (Å²) in [6, 6.07) is 0. The van der Waals surface area contributed by atoms with Gasteiger partial charge in [0.25, 0.3) is 0 Å². The molecule has 124 valence electrons. The number of rotatable bonds is 15. The SMILES string of the molecule is CCCCC/C=C\CC1OC1CCCCCCCCCC. The van der Waals surface area contributed by atoms with E-state index >= 15 is 0 Å². The van der Waals surface area contributed by atoms with E-state index in [1.807, 2.05) is 0 Å². The predicted octanol–water partition coefficient (Wildman–Crippen LogP) is 6.81. The number of ether oxygens (including phenoxy) is 1. The molecule has 0 aromatic carbocycles. The zero-order valence-corrected chi connectivity index (χ0v) is 14.6. The van der Waals surface area contributed by atoms with Crippen LogP contribution in [0.15, 0.2) is 12.2 Å². The molecule has 0 amide bonds. The molecule has 0 aliphatic carbocycles. The van der Waals surface area contributed by atoms with Crippen molar-refractivity contribution in [1.82, 2.24) is 0 Å². The summed E-state index contributed by atoms with van der Waals surface area (Å²) in [5.41, 5.74) is 0. The summed E-state index contributed by atoms with van der Waals surface area (Å²) in [5, 5.41) is 0. The van der Waals surface area contributed by atoms with Crippen molar-refractivity contribution in [2.24, 2.45) is 0 Å². The Kier molecular flexibility index (Phi) is 11.9. The summed E-state index contributed by atoms with van der Waals surface area (Å²) in [4.78, 5) is 0. The van der Waals surface area contributed by atoms with Crippen LogP contribution < -0.4 is 0 Å². The lowest BCUT2D eigenvalue weighted by molar-refractivity contribution is 0.358. The molecule has 1 rings (SSSR count). The third-order valence-corrected chi connectivity index (χ3v) is 4.54. The Balaban J connectivity index is 1.80. The monoisotopic (exact) mass is 294 g/mol. The first-order valence-electron chi connectivity index (χ1n) is 9.69. The van der Waals surface area contributed by atoms with Gasteiger partial charge in [-0.25, -0.2) is 0 Å². The third-order valence-electron chi connectivity index (χ3n) is 4.54. The predicted molar refractivity (Wildman–Crippen MR) is 93.8 cm³/mol. The average molecular weight is 295 g/mol. The van der Waals surface area contributed by atoms with Crippen LogP contribution in [0.1, 0.15) is 104 Å². The summed E-state index contributed by atoms with van der Waals surface area (Å²) < 4.78 is 5.75. The van der Waals surface area contributed by atoms with Crippen LogP contribution >= 0.6 is 0 Å². The number of hydrogen-bond acceptors (Lipinski definition) is 1. The van der Waals surface area contributed by atoms with E-state index in [1.165, 1.54) is 83.5 Å². The molecule has 0 bridgehead atoms. The lowest BCUT2D eigenvalue weighted by Gasteiger charge is -2.00. The van der Waals surface area contributed by atoms with Crippen molar-refractivity contribution >= 4 is 0 Å². The molecule has 1 heterocycles. The zero-order valence-electron chi connectivity index (χ0n) is 14.6. The van der Waals surface area contributed by atoms with Gasteiger partial charge < -0.3 is 4.74 Å². The highest BCUT2D eigenvalue weighted by Crippen LogP contribution is 2.30. The van der Waals surface area contributed by atoms with E-state index in [9.17, 15) is 0 Å². The molecule has 2 unspecified atom stereocenters. The van der Waals surface area contributed by atoms with Gasteiger partial charge >= 0.3 is 0 Å². The summed E-state index contributed by atoms with van der Waals surface area (Å²) in [6.07, 6.45) is 24.9. The Morgan fingerprint density at radius 1 is 0.667 bits per heavy atom. The molecular formula is C20H38O. The van der Waals surface area contributed by atoms with E-state index in [4.69, 9.17) is 4.74 Å². The second-order valence-electron chi connectivity index (χ2n) is 6.68. The van der Waals surface area contributed by atoms with Crippen LogP contribution in [0.25, 0.3) is 0 Å². The zero-order chi connectivity index (χ0) is 15.2.